The van der Waals surface area contributed by atoms with Crippen LogP contribution in [0.15, 0.2) is 72.8 Å². The maximum Gasteiger partial charge on any atom is 0.414 e. The summed E-state index contributed by atoms with van der Waals surface area (Å²) >= 11 is 0. The van der Waals surface area contributed by atoms with E-state index in [4.69, 9.17) is 4.74 Å². The lowest BCUT2D eigenvalue weighted by Crippen LogP contribution is -2.50. The molecule has 7 nitrogen and oxygen atoms in total. The standard InChI is InChI=1S/C29H29N3O4/c1-20-8-7-11-22-19-36-29(35)32(27(20)22)23-14-16-31(17-15-23)18-26(33)30-25-13-6-5-12-24(25)28(34)21-9-3-2-4-10-21/h2-13,23H,14-19H2,1H3,(H,30,33). The number of anilines is 2. The Hall–Kier alpha value is -3.97. The van der Waals surface area contributed by atoms with Gasteiger partial charge in [0.05, 0.1) is 17.9 Å². The highest BCUT2D eigenvalue weighted by Gasteiger charge is 2.35. The Morgan fingerprint density at radius 2 is 1.67 bits per heavy atom. The lowest BCUT2D eigenvalue weighted by atomic mass is 9.99. The average molecular weight is 484 g/mol. The molecule has 1 saturated heterocycles. The number of aryl methyl sites for hydroxylation is 1. The predicted molar refractivity (Wildman–Crippen MR) is 138 cm³/mol. The van der Waals surface area contributed by atoms with Crippen molar-refractivity contribution in [2.75, 3.05) is 29.9 Å². The number of ketones is 1. The minimum Gasteiger partial charge on any atom is -0.444 e. The number of hydrogen-bond donors (Lipinski definition) is 1. The van der Waals surface area contributed by atoms with E-state index in [0.29, 0.717) is 36.5 Å². The van der Waals surface area contributed by atoms with E-state index in [1.54, 1.807) is 41.3 Å². The summed E-state index contributed by atoms with van der Waals surface area (Å²) in [5, 5.41) is 2.92. The van der Waals surface area contributed by atoms with Crippen LogP contribution >= 0.6 is 0 Å². The smallest absolute Gasteiger partial charge is 0.414 e. The molecule has 3 aromatic rings. The Kier molecular flexibility index (Phi) is 6.82. The summed E-state index contributed by atoms with van der Waals surface area (Å²) in [5.74, 6) is -0.295. The van der Waals surface area contributed by atoms with Crippen molar-refractivity contribution in [1.29, 1.82) is 0 Å². The highest BCUT2D eigenvalue weighted by atomic mass is 16.6. The van der Waals surface area contributed by atoms with E-state index in [1.165, 1.54) is 0 Å². The van der Waals surface area contributed by atoms with Gasteiger partial charge in [-0.3, -0.25) is 19.4 Å². The number of cyclic esters (lactones) is 1. The fourth-order valence-corrected chi connectivity index (χ4v) is 5.08. The van der Waals surface area contributed by atoms with Gasteiger partial charge in [-0.15, -0.1) is 0 Å². The van der Waals surface area contributed by atoms with E-state index in [1.807, 2.05) is 43.3 Å². The molecule has 0 spiro atoms. The molecule has 2 aliphatic rings. The number of likely N-dealkylation sites (tertiary alicyclic amines) is 1. The molecule has 0 radical (unpaired) electrons. The number of carbonyl (C=O) groups excluding carboxylic acids is 3. The number of carbonyl (C=O) groups is 3. The molecule has 184 valence electrons. The van der Waals surface area contributed by atoms with Gasteiger partial charge in [-0.1, -0.05) is 60.7 Å². The van der Waals surface area contributed by atoms with Gasteiger partial charge in [0.15, 0.2) is 5.78 Å². The summed E-state index contributed by atoms with van der Waals surface area (Å²) in [6.45, 7) is 3.92. The van der Waals surface area contributed by atoms with Gasteiger partial charge in [0.1, 0.15) is 6.61 Å². The van der Waals surface area contributed by atoms with Crippen molar-refractivity contribution < 1.29 is 19.1 Å². The van der Waals surface area contributed by atoms with Crippen LogP contribution in [0.1, 0.15) is 39.9 Å². The molecule has 0 unspecified atom stereocenters. The highest BCUT2D eigenvalue weighted by Crippen LogP contribution is 2.34. The average Bonchev–Trinajstić information content (AvgIpc) is 2.90. The third-order valence-electron chi connectivity index (χ3n) is 6.88. The van der Waals surface area contributed by atoms with Crippen LogP contribution in [0, 0.1) is 6.92 Å². The monoisotopic (exact) mass is 483 g/mol. The van der Waals surface area contributed by atoms with Gasteiger partial charge in [-0.25, -0.2) is 4.79 Å². The summed E-state index contributed by atoms with van der Waals surface area (Å²) in [6, 6.07) is 22.2. The van der Waals surface area contributed by atoms with E-state index in [2.05, 4.69) is 10.2 Å². The molecule has 1 N–H and O–H groups in total. The van der Waals surface area contributed by atoms with Crippen LogP contribution in [0.3, 0.4) is 0 Å². The summed E-state index contributed by atoms with van der Waals surface area (Å²) in [5.41, 5.74) is 4.61. The van der Waals surface area contributed by atoms with Crippen LogP contribution in [0.4, 0.5) is 16.2 Å². The second-order valence-corrected chi connectivity index (χ2v) is 9.30. The topological polar surface area (TPSA) is 79.0 Å². The first-order valence-corrected chi connectivity index (χ1v) is 12.3. The number of ether oxygens (including phenoxy) is 1. The van der Waals surface area contributed by atoms with E-state index in [9.17, 15) is 14.4 Å². The zero-order chi connectivity index (χ0) is 25.1. The first-order valence-electron chi connectivity index (χ1n) is 12.3. The molecule has 0 saturated carbocycles. The lowest BCUT2D eigenvalue weighted by Gasteiger charge is -2.40. The molecule has 1 fully saturated rings. The number of rotatable bonds is 6. The molecule has 0 bridgehead atoms. The predicted octanol–water partition coefficient (Wildman–Crippen LogP) is 4.79. The van der Waals surface area contributed by atoms with Gasteiger partial charge in [0, 0.05) is 35.8 Å². The minimum absolute atomic E-state index is 0.0289. The van der Waals surface area contributed by atoms with Gasteiger partial charge in [-0.2, -0.15) is 0 Å². The quantitative estimate of drug-likeness (QED) is 0.510. The zero-order valence-corrected chi connectivity index (χ0v) is 20.3. The first kappa shape index (κ1) is 23.8. The van der Waals surface area contributed by atoms with Crippen LogP contribution in [0.5, 0.6) is 0 Å². The van der Waals surface area contributed by atoms with Crippen LogP contribution in [0.25, 0.3) is 0 Å². The molecule has 0 atom stereocenters. The number of benzene rings is 3. The highest BCUT2D eigenvalue weighted by molar-refractivity contribution is 6.13. The summed E-state index contributed by atoms with van der Waals surface area (Å²) in [7, 11) is 0. The number of hydrogen-bond acceptors (Lipinski definition) is 5. The van der Waals surface area contributed by atoms with Crippen molar-refractivity contribution in [2.45, 2.75) is 32.4 Å². The second-order valence-electron chi connectivity index (χ2n) is 9.30. The normalized spacial score (nSPS) is 16.2. The molecule has 0 aliphatic carbocycles. The number of piperidine rings is 1. The van der Waals surface area contributed by atoms with Crippen molar-refractivity contribution in [3.05, 3.63) is 95.1 Å². The van der Waals surface area contributed by atoms with Gasteiger partial charge in [0.25, 0.3) is 0 Å². The van der Waals surface area contributed by atoms with Gasteiger partial charge < -0.3 is 10.1 Å². The maximum absolute atomic E-state index is 13.0. The van der Waals surface area contributed by atoms with Crippen LogP contribution in [-0.2, 0) is 16.1 Å². The Labute approximate surface area is 210 Å². The second kappa shape index (κ2) is 10.3. The number of nitrogens with zero attached hydrogens (tertiary/aromatic N) is 2. The summed E-state index contributed by atoms with van der Waals surface area (Å²) < 4.78 is 5.43. The van der Waals surface area contributed by atoms with E-state index in [-0.39, 0.29) is 30.4 Å². The van der Waals surface area contributed by atoms with E-state index >= 15 is 0 Å². The molecular formula is C29H29N3O4. The SMILES string of the molecule is Cc1cccc2c1N(C1CCN(CC(=O)Nc3ccccc3C(=O)c3ccccc3)CC1)C(=O)OC2. The fraction of sp³-hybridized carbons (Fsp3) is 0.276. The van der Waals surface area contributed by atoms with Gasteiger partial charge in [-0.05, 0) is 37.5 Å². The molecule has 7 heteroatoms. The molecule has 2 heterocycles. The van der Waals surface area contributed by atoms with Crippen LogP contribution in [-0.4, -0.2) is 48.4 Å². The maximum atomic E-state index is 13.0. The Morgan fingerprint density at radius 3 is 2.44 bits per heavy atom. The van der Waals surface area contributed by atoms with Crippen LogP contribution in [0.2, 0.25) is 0 Å². The van der Waals surface area contributed by atoms with E-state index in [0.717, 1.165) is 29.7 Å². The van der Waals surface area contributed by atoms with Crippen molar-refractivity contribution in [2.24, 2.45) is 0 Å². The van der Waals surface area contributed by atoms with Crippen molar-refractivity contribution in [3.8, 4) is 0 Å². The number of amides is 2. The molecule has 2 amide bonds. The first-order chi connectivity index (χ1) is 17.5. The molecule has 5 rings (SSSR count). The van der Waals surface area contributed by atoms with E-state index < -0.39 is 0 Å². The third-order valence-corrected chi connectivity index (χ3v) is 6.88. The molecule has 0 aromatic heterocycles. The lowest BCUT2D eigenvalue weighted by molar-refractivity contribution is -0.117. The number of para-hydroxylation sites is 2. The molecular weight excluding hydrogens is 454 g/mol. The van der Waals surface area contributed by atoms with Crippen molar-refractivity contribution >= 4 is 29.2 Å². The molecule has 36 heavy (non-hydrogen) atoms. The number of fused-ring (bicyclic) bond motifs is 1. The Balaban J connectivity index is 1.21. The van der Waals surface area contributed by atoms with Crippen molar-refractivity contribution in [3.63, 3.8) is 0 Å². The Morgan fingerprint density at radius 1 is 0.944 bits per heavy atom. The third kappa shape index (κ3) is 4.88. The zero-order valence-electron chi connectivity index (χ0n) is 20.3. The largest absolute Gasteiger partial charge is 0.444 e. The van der Waals surface area contributed by atoms with Crippen molar-refractivity contribution in [1.82, 2.24) is 4.90 Å². The summed E-state index contributed by atoms with van der Waals surface area (Å²) in [4.78, 5) is 42.4. The fourth-order valence-electron chi connectivity index (χ4n) is 5.08. The molecule has 3 aromatic carbocycles. The Bertz CT molecular complexity index is 1280. The van der Waals surface area contributed by atoms with Crippen LogP contribution < -0.4 is 10.2 Å². The minimum atomic E-state index is -0.298. The summed E-state index contributed by atoms with van der Waals surface area (Å²) in [6.07, 6.45) is 1.20. The van der Waals surface area contributed by atoms with Gasteiger partial charge in [0.2, 0.25) is 5.91 Å². The molecule has 2 aliphatic heterocycles. The number of nitrogens with one attached hydrogen (secondary N) is 1. The van der Waals surface area contributed by atoms with Gasteiger partial charge >= 0.3 is 6.09 Å².